The molecule has 5 heterocycles. The number of aryl methyl sites for hydroxylation is 2. The maximum atomic E-state index is 13.8. The van der Waals surface area contributed by atoms with Gasteiger partial charge in [-0.15, -0.1) is 0 Å². The fraction of sp³-hybridized carbons (Fsp3) is 0.273. The SMILES string of the molecule is Cn1ccnc1[C@@H]1N(C(=O)c2cnn3ccn(C)c23)CC[C@]12C(=O)Nc1ccccc12. The number of carbonyl (C=O) groups excluding carboxylic acids is 2. The molecule has 0 saturated carbocycles. The van der Waals surface area contributed by atoms with Crippen LogP contribution in [-0.4, -0.2) is 47.0 Å². The van der Waals surface area contributed by atoms with Crippen LogP contribution in [0.4, 0.5) is 5.69 Å². The number of hydrogen-bond donors (Lipinski definition) is 1. The van der Waals surface area contributed by atoms with E-state index in [1.807, 2.05) is 66.1 Å². The molecule has 2 atom stereocenters. The lowest BCUT2D eigenvalue weighted by Crippen LogP contribution is -2.43. The summed E-state index contributed by atoms with van der Waals surface area (Å²) in [6, 6.07) is 7.20. The third kappa shape index (κ3) is 2.20. The minimum Gasteiger partial charge on any atom is -0.336 e. The molecule has 2 aliphatic heterocycles. The zero-order valence-electron chi connectivity index (χ0n) is 17.2. The van der Waals surface area contributed by atoms with Gasteiger partial charge in [0.15, 0.2) is 0 Å². The van der Waals surface area contributed by atoms with Crippen molar-refractivity contribution in [2.45, 2.75) is 17.9 Å². The number of rotatable bonds is 2. The van der Waals surface area contributed by atoms with Gasteiger partial charge in [-0.05, 0) is 18.1 Å². The predicted molar refractivity (Wildman–Crippen MR) is 113 cm³/mol. The van der Waals surface area contributed by atoms with E-state index in [0.717, 1.165) is 16.9 Å². The molecule has 0 aliphatic carbocycles. The van der Waals surface area contributed by atoms with Crippen LogP contribution < -0.4 is 5.32 Å². The normalized spacial score (nSPS) is 22.5. The molecule has 0 radical (unpaired) electrons. The first-order valence-corrected chi connectivity index (χ1v) is 10.2. The van der Waals surface area contributed by atoms with Crippen LogP contribution in [0.3, 0.4) is 0 Å². The summed E-state index contributed by atoms with van der Waals surface area (Å²) in [6.07, 6.45) is 9.35. The molecule has 1 spiro atoms. The fourth-order valence-electron chi connectivity index (χ4n) is 5.26. The number of carbonyl (C=O) groups is 2. The first kappa shape index (κ1) is 17.9. The molecule has 1 N–H and O–H groups in total. The number of nitrogens with one attached hydrogen (secondary N) is 1. The highest BCUT2D eigenvalue weighted by Crippen LogP contribution is 2.54. The Hall–Kier alpha value is -3.88. The molecule has 1 saturated heterocycles. The molecule has 6 rings (SSSR count). The molecule has 2 amide bonds. The summed E-state index contributed by atoms with van der Waals surface area (Å²) < 4.78 is 5.45. The van der Waals surface area contributed by atoms with Crippen molar-refractivity contribution in [3.05, 3.63) is 72.2 Å². The molecular weight excluding hydrogens is 394 g/mol. The van der Waals surface area contributed by atoms with Crippen LogP contribution in [-0.2, 0) is 24.3 Å². The smallest absolute Gasteiger partial charge is 0.259 e. The van der Waals surface area contributed by atoms with Gasteiger partial charge in [-0.25, -0.2) is 9.50 Å². The average molecular weight is 415 g/mol. The topological polar surface area (TPSA) is 89.5 Å². The summed E-state index contributed by atoms with van der Waals surface area (Å²) in [4.78, 5) is 33.6. The summed E-state index contributed by atoms with van der Waals surface area (Å²) in [5, 5.41) is 7.36. The Labute approximate surface area is 177 Å². The van der Waals surface area contributed by atoms with Crippen molar-refractivity contribution >= 4 is 23.1 Å². The van der Waals surface area contributed by atoms with Crippen molar-refractivity contribution in [1.82, 2.24) is 28.6 Å². The Morgan fingerprint density at radius 3 is 2.81 bits per heavy atom. The summed E-state index contributed by atoms with van der Waals surface area (Å²) in [5.41, 5.74) is 2.07. The molecular formula is C22H21N7O2. The molecule has 9 nitrogen and oxygen atoms in total. The first-order valence-electron chi connectivity index (χ1n) is 10.2. The zero-order valence-corrected chi connectivity index (χ0v) is 17.2. The lowest BCUT2D eigenvalue weighted by atomic mass is 9.74. The predicted octanol–water partition coefficient (Wildman–Crippen LogP) is 1.88. The molecule has 0 bridgehead atoms. The molecule has 9 heteroatoms. The van der Waals surface area contributed by atoms with Crippen molar-refractivity contribution in [1.29, 1.82) is 0 Å². The van der Waals surface area contributed by atoms with Crippen molar-refractivity contribution in [3.8, 4) is 0 Å². The van der Waals surface area contributed by atoms with Gasteiger partial charge in [0.1, 0.15) is 28.5 Å². The van der Waals surface area contributed by atoms with Crippen LogP contribution in [0.1, 0.15) is 34.2 Å². The third-order valence-corrected chi connectivity index (χ3v) is 6.72. The lowest BCUT2D eigenvalue weighted by Gasteiger charge is -2.33. The van der Waals surface area contributed by atoms with Crippen LogP contribution >= 0.6 is 0 Å². The van der Waals surface area contributed by atoms with Gasteiger partial charge in [0.2, 0.25) is 5.91 Å². The quantitative estimate of drug-likeness (QED) is 0.541. The largest absolute Gasteiger partial charge is 0.336 e. The number of aromatic nitrogens is 5. The van der Waals surface area contributed by atoms with E-state index in [1.165, 1.54) is 0 Å². The van der Waals surface area contributed by atoms with Crippen LogP contribution in [0, 0.1) is 0 Å². The Morgan fingerprint density at radius 2 is 2.00 bits per heavy atom. The number of amides is 2. The maximum absolute atomic E-state index is 13.8. The van der Waals surface area contributed by atoms with Gasteiger partial charge in [0.05, 0.1) is 6.20 Å². The van der Waals surface area contributed by atoms with E-state index in [1.54, 1.807) is 21.8 Å². The lowest BCUT2D eigenvalue weighted by molar-refractivity contribution is -0.121. The fourth-order valence-corrected chi connectivity index (χ4v) is 5.26. The number of nitrogens with zero attached hydrogens (tertiary/aromatic N) is 6. The maximum Gasteiger partial charge on any atom is 0.259 e. The van der Waals surface area contributed by atoms with Gasteiger partial charge < -0.3 is 19.4 Å². The van der Waals surface area contributed by atoms with E-state index < -0.39 is 11.5 Å². The molecule has 31 heavy (non-hydrogen) atoms. The van der Waals surface area contributed by atoms with Crippen molar-refractivity contribution in [3.63, 3.8) is 0 Å². The molecule has 3 aromatic heterocycles. The monoisotopic (exact) mass is 415 g/mol. The zero-order chi connectivity index (χ0) is 21.3. The van der Waals surface area contributed by atoms with Gasteiger partial charge in [0, 0.05) is 51.1 Å². The number of imidazole rings is 2. The summed E-state index contributed by atoms with van der Waals surface area (Å²) in [7, 11) is 3.78. The molecule has 4 aromatic rings. The van der Waals surface area contributed by atoms with Crippen molar-refractivity contribution in [2.75, 3.05) is 11.9 Å². The number of hydrogen-bond acceptors (Lipinski definition) is 4. The van der Waals surface area contributed by atoms with Crippen LogP contribution in [0.25, 0.3) is 5.65 Å². The second-order valence-corrected chi connectivity index (χ2v) is 8.25. The average Bonchev–Trinajstić information content (AvgIpc) is 3.55. The van der Waals surface area contributed by atoms with Crippen LogP contribution in [0.2, 0.25) is 0 Å². The highest BCUT2D eigenvalue weighted by atomic mass is 16.2. The van der Waals surface area contributed by atoms with Crippen LogP contribution in [0.15, 0.2) is 55.2 Å². The third-order valence-electron chi connectivity index (χ3n) is 6.72. The Kier molecular flexibility index (Phi) is 3.51. The van der Waals surface area contributed by atoms with Gasteiger partial charge in [0.25, 0.3) is 5.91 Å². The molecule has 1 fully saturated rings. The van der Waals surface area contributed by atoms with E-state index in [-0.39, 0.29) is 11.8 Å². The minimum absolute atomic E-state index is 0.0870. The second kappa shape index (κ2) is 6.07. The highest BCUT2D eigenvalue weighted by molar-refractivity contribution is 6.08. The van der Waals surface area contributed by atoms with Gasteiger partial charge in [-0.3, -0.25) is 9.59 Å². The van der Waals surface area contributed by atoms with E-state index in [0.29, 0.717) is 24.4 Å². The number of fused-ring (bicyclic) bond motifs is 3. The second-order valence-electron chi connectivity index (χ2n) is 8.25. The van der Waals surface area contributed by atoms with E-state index >= 15 is 0 Å². The van der Waals surface area contributed by atoms with Crippen molar-refractivity contribution < 1.29 is 9.59 Å². The molecule has 156 valence electrons. The summed E-state index contributed by atoms with van der Waals surface area (Å²) in [5.74, 6) is 0.447. The Balaban J connectivity index is 1.54. The standard InChI is InChI=1S/C22H21N7O2/c1-26-10-8-23-18(26)17-22(15-5-3-4-6-16(15)25-21(22)31)7-9-28(17)20(30)14-13-24-29-12-11-27(2)19(14)29/h3-6,8,10-13,17H,7,9H2,1-2H3,(H,25,31)/t17-,22+/m0/s1. The molecule has 1 aromatic carbocycles. The van der Waals surface area contributed by atoms with E-state index in [2.05, 4.69) is 15.4 Å². The number of likely N-dealkylation sites (tertiary alicyclic amines) is 1. The minimum atomic E-state index is -0.883. The van der Waals surface area contributed by atoms with Crippen molar-refractivity contribution in [2.24, 2.45) is 14.1 Å². The number of para-hydroxylation sites is 1. The highest BCUT2D eigenvalue weighted by Gasteiger charge is 2.60. The number of anilines is 1. The van der Waals surface area contributed by atoms with Crippen LogP contribution in [0.5, 0.6) is 0 Å². The summed E-state index contributed by atoms with van der Waals surface area (Å²) >= 11 is 0. The molecule has 0 unspecified atom stereocenters. The first-order chi connectivity index (χ1) is 15.0. The van der Waals surface area contributed by atoms with Gasteiger partial charge in [-0.2, -0.15) is 5.10 Å². The van der Waals surface area contributed by atoms with E-state index in [4.69, 9.17) is 0 Å². The molecule has 2 aliphatic rings. The van der Waals surface area contributed by atoms with Gasteiger partial charge >= 0.3 is 0 Å². The summed E-state index contributed by atoms with van der Waals surface area (Å²) in [6.45, 7) is 0.444. The Morgan fingerprint density at radius 1 is 1.16 bits per heavy atom. The number of benzene rings is 1. The van der Waals surface area contributed by atoms with Gasteiger partial charge in [-0.1, -0.05) is 18.2 Å². The van der Waals surface area contributed by atoms with E-state index in [9.17, 15) is 9.59 Å². The Bertz CT molecular complexity index is 1360.